The number of ether oxygens (including phenoxy) is 2. The summed E-state index contributed by atoms with van der Waals surface area (Å²) in [4.78, 5) is 26.7. The molecule has 0 bridgehead atoms. The second-order valence-electron chi connectivity index (χ2n) is 6.69. The summed E-state index contributed by atoms with van der Waals surface area (Å²) in [6, 6.07) is 10.1. The van der Waals surface area contributed by atoms with E-state index in [0.717, 1.165) is 31.5 Å². The molecule has 2 N–H and O–H groups in total. The molecule has 1 aliphatic rings. The van der Waals surface area contributed by atoms with Crippen LogP contribution < -0.4 is 20.1 Å². The van der Waals surface area contributed by atoms with Crippen LogP contribution in [0.15, 0.2) is 36.4 Å². The number of likely N-dealkylation sites (tertiary alicyclic amines) is 1. The van der Waals surface area contributed by atoms with Crippen molar-refractivity contribution < 1.29 is 19.1 Å². The van der Waals surface area contributed by atoms with Crippen LogP contribution in [-0.4, -0.2) is 44.1 Å². The van der Waals surface area contributed by atoms with Crippen LogP contribution in [0.4, 0.5) is 10.5 Å². The average Bonchev–Trinajstić information content (AvgIpc) is 3.27. The van der Waals surface area contributed by atoms with Crippen molar-refractivity contribution in [3.63, 3.8) is 0 Å². The van der Waals surface area contributed by atoms with Crippen LogP contribution >= 0.6 is 11.6 Å². The zero-order valence-electron chi connectivity index (χ0n) is 16.5. The summed E-state index contributed by atoms with van der Waals surface area (Å²) >= 11 is 6.08. The molecule has 3 amide bonds. The lowest BCUT2D eigenvalue weighted by Gasteiger charge is -2.16. The largest absolute Gasteiger partial charge is 0.495 e. The molecule has 0 aromatic heterocycles. The Hall–Kier alpha value is -2.93. The highest BCUT2D eigenvalue weighted by molar-refractivity contribution is 6.32. The zero-order chi connectivity index (χ0) is 20.8. The van der Waals surface area contributed by atoms with Crippen molar-refractivity contribution in [3.05, 3.63) is 52.5 Å². The van der Waals surface area contributed by atoms with Crippen LogP contribution in [0.1, 0.15) is 28.8 Å². The van der Waals surface area contributed by atoms with Crippen LogP contribution in [0.2, 0.25) is 5.02 Å². The molecule has 154 valence electrons. The highest BCUT2D eigenvalue weighted by Gasteiger charge is 2.19. The first-order valence-corrected chi connectivity index (χ1v) is 9.74. The Kier molecular flexibility index (Phi) is 6.82. The van der Waals surface area contributed by atoms with Gasteiger partial charge >= 0.3 is 6.03 Å². The molecule has 0 saturated carbocycles. The summed E-state index contributed by atoms with van der Waals surface area (Å²) < 4.78 is 10.4. The van der Waals surface area contributed by atoms with Gasteiger partial charge in [0.05, 0.1) is 24.9 Å². The molecule has 0 aliphatic carbocycles. The maximum absolute atomic E-state index is 12.5. The van der Waals surface area contributed by atoms with E-state index in [2.05, 4.69) is 10.6 Å². The molecular weight excluding hydrogens is 394 g/mol. The zero-order valence-corrected chi connectivity index (χ0v) is 17.2. The fourth-order valence-electron chi connectivity index (χ4n) is 3.22. The Morgan fingerprint density at radius 3 is 2.48 bits per heavy atom. The number of rotatable bonds is 6. The van der Waals surface area contributed by atoms with Gasteiger partial charge in [0.1, 0.15) is 11.5 Å². The predicted molar refractivity (Wildman–Crippen MR) is 112 cm³/mol. The Morgan fingerprint density at radius 2 is 1.79 bits per heavy atom. The molecule has 1 aliphatic heterocycles. The molecule has 0 unspecified atom stereocenters. The summed E-state index contributed by atoms with van der Waals surface area (Å²) in [5.74, 6) is 0.881. The molecule has 0 spiro atoms. The van der Waals surface area contributed by atoms with Gasteiger partial charge in [-0.25, -0.2) is 4.79 Å². The van der Waals surface area contributed by atoms with Gasteiger partial charge in [0.2, 0.25) is 0 Å². The summed E-state index contributed by atoms with van der Waals surface area (Å²) in [7, 11) is 2.98. The second-order valence-corrected chi connectivity index (χ2v) is 7.10. The lowest BCUT2D eigenvalue weighted by molar-refractivity contribution is 0.0792. The number of nitrogens with zero attached hydrogens (tertiary/aromatic N) is 1. The van der Waals surface area contributed by atoms with Crippen LogP contribution in [0, 0.1) is 0 Å². The first-order chi connectivity index (χ1) is 14.0. The van der Waals surface area contributed by atoms with E-state index >= 15 is 0 Å². The van der Waals surface area contributed by atoms with Crippen molar-refractivity contribution in [2.75, 3.05) is 32.6 Å². The first-order valence-electron chi connectivity index (χ1n) is 9.36. The summed E-state index contributed by atoms with van der Waals surface area (Å²) in [6.45, 7) is 1.88. The van der Waals surface area contributed by atoms with Gasteiger partial charge in [0.25, 0.3) is 5.91 Å². The molecule has 29 heavy (non-hydrogen) atoms. The minimum absolute atomic E-state index is 0.0341. The number of nitrogens with one attached hydrogen (secondary N) is 2. The number of carbonyl (C=O) groups excluding carboxylic acids is 2. The van der Waals surface area contributed by atoms with Crippen molar-refractivity contribution in [2.24, 2.45) is 0 Å². The third kappa shape index (κ3) is 5.12. The van der Waals surface area contributed by atoms with Gasteiger partial charge < -0.3 is 25.0 Å². The van der Waals surface area contributed by atoms with Crippen LogP contribution in [-0.2, 0) is 6.54 Å². The molecule has 2 aromatic rings. The van der Waals surface area contributed by atoms with E-state index in [1.807, 2.05) is 23.1 Å². The fourth-order valence-corrected chi connectivity index (χ4v) is 3.45. The van der Waals surface area contributed by atoms with Crippen molar-refractivity contribution in [1.82, 2.24) is 10.2 Å². The predicted octanol–water partition coefficient (Wildman–Crippen LogP) is 3.91. The van der Waals surface area contributed by atoms with Gasteiger partial charge in [-0.3, -0.25) is 4.79 Å². The van der Waals surface area contributed by atoms with Crippen molar-refractivity contribution in [1.29, 1.82) is 0 Å². The highest BCUT2D eigenvalue weighted by Crippen LogP contribution is 2.35. The summed E-state index contributed by atoms with van der Waals surface area (Å²) in [5.41, 5.74) is 1.91. The quantitative estimate of drug-likeness (QED) is 0.746. The van der Waals surface area contributed by atoms with Gasteiger partial charge in [-0.05, 0) is 30.5 Å². The average molecular weight is 418 g/mol. The molecule has 2 aromatic carbocycles. The van der Waals surface area contributed by atoms with E-state index in [1.165, 1.54) is 14.2 Å². The van der Waals surface area contributed by atoms with Crippen LogP contribution in [0.25, 0.3) is 0 Å². The van der Waals surface area contributed by atoms with Crippen molar-refractivity contribution in [2.45, 2.75) is 19.4 Å². The fraction of sp³-hybridized carbons (Fsp3) is 0.333. The smallest absolute Gasteiger partial charge is 0.319 e. The Morgan fingerprint density at radius 1 is 1.07 bits per heavy atom. The van der Waals surface area contributed by atoms with E-state index in [1.54, 1.807) is 18.2 Å². The van der Waals surface area contributed by atoms with E-state index < -0.39 is 6.03 Å². The van der Waals surface area contributed by atoms with E-state index in [4.69, 9.17) is 21.1 Å². The molecule has 0 atom stereocenters. The van der Waals surface area contributed by atoms with Crippen molar-refractivity contribution >= 4 is 29.2 Å². The molecule has 7 nitrogen and oxygen atoms in total. The standard InChI is InChI=1S/C21H24ClN3O4/c1-28-18-12-17(19(29-2)11-16(18)22)24-21(27)23-13-14-6-5-7-15(10-14)20(26)25-8-3-4-9-25/h5-7,10-12H,3-4,8-9,13H2,1-2H3,(H2,23,24,27). The molecule has 1 heterocycles. The number of anilines is 1. The molecule has 8 heteroatoms. The van der Waals surface area contributed by atoms with Crippen LogP contribution in [0.5, 0.6) is 11.5 Å². The summed E-state index contributed by atoms with van der Waals surface area (Å²) in [6.07, 6.45) is 2.10. The van der Waals surface area contributed by atoms with Crippen molar-refractivity contribution in [3.8, 4) is 11.5 Å². The number of carbonyl (C=O) groups is 2. The van der Waals surface area contributed by atoms with Gasteiger partial charge in [0.15, 0.2) is 0 Å². The van der Waals surface area contributed by atoms with Gasteiger partial charge in [-0.2, -0.15) is 0 Å². The normalized spacial score (nSPS) is 13.1. The SMILES string of the molecule is COc1cc(NC(=O)NCc2cccc(C(=O)N3CCCC3)c2)c(OC)cc1Cl. The minimum atomic E-state index is -0.413. The summed E-state index contributed by atoms with van der Waals surface area (Å²) in [5, 5.41) is 5.89. The van der Waals surface area contributed by atoms with Crippen LogP contribution in [0.3, 0.4) is 0 Å². The van der Waals surface area contributed by atoms with E-state index in [9.17, 15) is 9.59 Å². The van der Waals surface area contributed by atoms with E-state index in [0.29, 0.717) is 27.8 Å². The van der Waals surface area contributed by atoms with E-state index in [-0.39, 0.29) is 12.5 Å². The lowest BCUT2D eigenvalue weighted by Crippen LogP contribution is -2.29. The maximum Gasteiger partial charge on any atom is 0.319 e. The third-order valence-corrected chi connectivity index (χ3v) is 5.04. The third-order valence-electron chi connectivity index (χ3n) is 4.74. The van der Waals surface area contributed by atoms with Gasteiger partial charge in [-0.1, -0.05) is 23.7 Å². The topological polar surface area (TPSA) is 79.9 Å². The molecular formula is C21H24ClN3O4. The molecule has 0 radical (unpaired) electrons. The number of hydrogen-bond donors (Lipinski definition) is 2. The van der Waals surface area contributed by atoms with Gasteiger partial charge in [-0.15, -0.1) is 0 Å². The number of halogens is 1. The molecule has 3 rings (SSSR count). The molecule has 1 saturated heterocycles. The monoisotopic (exact) mass is 417 g/mol. The Balaban J connectivity index is 1.62. The number of urea groups is 1. The Labute approximate surface area is 174 Å². The lowest BCUT2D eigenvalue weighted by atomic mass is 10.1. The highest BCUT2D eigenvalue weighted by atomic mass is 35.5. The first kappa shape index (κ1) is 20.8. The molecule has 1 fully saturated rings. The number of methoxy groups -OCH3 is 2. The maximum atomic E-state index is 12.5. The number of hydrogen-bond acceptors (Lipinski definition) is 4. The number of amides is 3. The van der Waals surface area contributed by atoms with Gasteiger partial charge in [0, 0.05) is 37.3 Å². The Bertz CT molecular complexity index is 897. The number of benzene rings is 2. The minimum Gasteiger partial charge on any atom is -0.495 e. The second kappa shape index (κ2) is 9.52.